The summed E-state index contributed by atoms with van der Waals surface area (Å²) in [7, 11) is 5.25. The van der Waals surface area contributed by atoms with Gasteiger partial charge in [-0.15, -0.1) is 0 Å². The van der Waals surface area contributed by atoms with Gasteiger partial charge in [0.15, 0.2) is 18.1 Å². The topological polar surface area (TPSA) is 76.9 Å². The molecule has 2 aromatic carbocycles. The normalized spacial score (nSPS) is 14.8. The molecule has 1 atom stereocenters. The minimum Gasteiger partial charge on any atom is -0.493 e. The monoisotopic (exact) mass is 490 g/mol. The standard InChI is InChI=1S/C28H34N4O4/c1-30-16-15-23(29-30)28(34)31(2)24(19-21-9-5-4-6-10-21)22-13-17-32(18-14-22)27(33)20-36-26-12-8-7-11-25(26)35-3/h4-12,15-16,22,24H,13-14,17-20H2,1-3H3/t24-/m0/s1. The van der Waals surface area contributed by atoms with E-state index in [0.717, 1.165) is 19.3 Å². The number of likely N-dealkylation sites (tertiary alicyclic amines) is 1. The molecule has 0 saturated carbocycles. The number of carbonyl (C=O) groups is 2. The lowest BCUT2D eigenvalue weighted by atomic mass is 9.85. The summed E-state index contributed by atoms with van der Waals surface area (Å²) in [5, 5.41) is 4.31. The van der Waals surface area contributed by atoms with Crippen molar-refractivity contribution in [2.45, 2.75) is 25.3 Å². The highest BCUT2D eigenvalue weighted by Gasteiger charge is 2.33. The van der Waals surface area contributed by atoms with Crippen LogP contribution in [0.15, 0.2) is 66.9 Å². The quantitative estimate of drug-likeness (QED) is 0.459. The third-order valence-corrected chi connectivity index (χ3v) is 6.89. The second kappa shape index (κ2) is 11.7. The Kier molecular flexibility index (Phi) is 8.25. The molecule has 1 aromatic heterocycles. The number of ether oxygens (including phenoxy) is 2. The molecule has 3 aromatic rings. The van der Waals surface area contributed by atoms with Gasteiger partial charge in [-0.1, -0.05) is 42.5 Å². The van der Waals surface area contributed by atoms with Gasteiger partial charge >= 0.3 is 0 Å². The third-order valence-electron chi connectivity index (χ3n) is 6.89. The average molecular weight is 491 g/mol. The summed E-state index contributed by atoms with van der Waals surface area (Å²) in [6.07, 6.45) is 4.17. The van der Waals surface area contributed by atoms with Gasteiger partial charge in [-0.2, -0.15) is 5.10 Å². The van der Waals surface area contributed by atoms with E-state index in [1.807, 2.05) is 54.2 Å². The first kappa shape index (κ1) is 25.3. The molecule has 8 heteroatoms. The molecular formula is C28H34N4O4. The molecule has 0 aliphatic carbocycles. The molecule has 190 valence electrons. The van der Waals surface area contributed by atoms with Crippen LogP contribution in [-0.4, -0.2) is 71.3 Å². The second-order valence-corrected chi connectivity index (χ2v) is 9.21. The van der Waals surface area contributed by atoms with E-state index in [0.29, 0.717) is 30.3 Å². The first-order valence-electron chi connectivity index (χ1n) is 12.3. The predicted molar refractivity (Wildman–Crippen MR) is 137 cm³/mol. The van der Waals surface area contributed by atoms with Gasteiger partial charge in [-0.05, 0) is 48.9 Å². The zero-order valence-corrected chi connectivity index (χ0v) is 21.2. The van der Waals surface area contributed by atoms with Crippen molar-refractivity contribution >= 4 is 11.8 Å². The number of likely N-dealkylation sites (N-methyl/N-ethyl adjacent to an activating group) is 1. The number of rotatable bonds is 9. The Morgan fingerprint density at radius 2 is 1.69 bits per heavy atom. The number of nitrogens with zero attached hydrogens (tertiary/aromatic N) is 4. The van der Waals surface area contributed by atoms with E-state index in [2.05, 4.69) is 17.2 Å². The zero-order valence-electron chi connectivity index (χ0n) is 21.2. The molecule has 2 amide bonds. The lowest BCUT2D eigenvalue weighted by Crippen LogP contribution is -2.49. The van der Waals surface area contributed by atoms with Crippen LogP contribution in [0.2, 0.25) is 0 Å². The number of benzene rings is 2. The predicted octanol–water partition coefficient (Wildman–Crippen LogP) is 3.43. The first-order chi connectivity index (χ1) is 17.5. The van der Waals surface area contributed by atoms with Crippen molar-refractivity contribution in [3.63, 3.8) is 0 Å². The number of hydrogen-bond donors (Lipinski definition) is 0. The Labute approximate surface area is 212 Å². The maximum Gasteiger partial charge on any atom is 0.274 e. The zero-order chi connectivity index (χ0) is 25.5. The fraction of sp³-hybridized carbons (Fsp3) is 0.393. The summed E-state index contributed by atoms with van der Waals surface area (Å²) in [5.74, 6) is 1.30. The number of methoxy groups -OCH3 is 1. The van der Waals surface area contributed by atoms with Crippen molar-refractivity contribution in [3.05, 3.63) is 78.1 Å². The number of aromatic nitrogens is 2. The van der Waals surface area contributed by atoms with Gasteiger partial charge in [0.25, 0.3) is 11.8 Å². The van der Waals surface area contributed by atoms with E-state index >= 15 is 0 Å². The largest absolute Gasteiger partial charge is 0.493 e. The first-order valence-corrected chi connectivity index (χ1v) is 12.3. The SMILES string of the molecule is COc1ccccc1OCC(=O)N1CCC([C@H](Cc2ccccc2)N(C)C(=O)c2ccn(C)n2)CC1. The van der Waals surface area contributed by atoms with Crippen LogP contribution in [0, 0.1) is 5.92 Å². The fourth-order valence-corrected chi connectivity index (χ4v) is 4.84. The Bertz CT molecular complexity index is 1160. The van der Waals surface area contributed by atoms with Crippen LogP contribution in [0.3, 0.4) is 0 Å². The lowest BCUT2D eigenvalue weighted by Gasteiger charge is -2.40. The summed E-state index contributed by atoms with van der Waals surface area (Å²) in [5.41, 5.74) is 1.63. The number of aryl methyl sites for hydroxylation is 1. The van der Waals surface area contributed by atoms with E-state index in [1.54, 1.807) is 36.2 Å². The van der Waals surface area contributed by atoms with Crippen LogP contribution in [0.5, 0.6) is 11.5 Å². The number of carbonyl (C=O) groups excluding carboxylic acids is 2. The highest BCUT2D eigenvalue weighted by molar-refractivity contribution is 5.92. The summed E-state index contributed by atoms with van der Waals surface area (Å²) < 4.78 is 12.7. The Morgan fingerprint density at radius 3 is 2.33 bits per heavy atom. The van der Waals surface area contributed by atoms with E-state index in [1.165, 1.54) is 5.56 Å². The molecule has 0 bridgehead atoms. The molecule has 8 nitrogen and oxygen atoms in total. The van der Waals surface area contributed by atoms with Gasteiger partial charge in [0.2, 0.25) is 0 Å². The molecule has 1 aliphatic heterocycles. The molecule has 0 N–H and O–H groups in total. The molecule has 1 saturated heterocycles. The van der Waals surface area contributed by atoms with Gasteiger partial charge in [-0.3, -0.25) is 14.3 Å². The minimum absolute atomic E-state index is 0.00369. The number of amides is 2. The molecular weight excluding hydrogens is 456 g/mol. The van der Waals surface area contributed by atoms with Crippen molar-refractivity contribution in [1.82, 2.24) is 19.6 Å². The van der Waals surface area contributed by atoms with Crippen LogP contribution in [0.25, 0.3) is 0 Å². The van der Waals surface area contributed by atoms with Crippen LogP contribution >= 0.6 is 0 Å². The van der Waals surface area contributed by atoms with Crippen LogP contribution in [-0.2, 0) is 18.3 Å². The maximum absolute atomic E-state index is 13.2. The van der Waals surface area contributed by atoms with Crippen LogP contribution < -0.4 is 9.47 Å². The highest BCUT2D eigenvalue weighted by Crippen LogP contribution is 2.28. The summed E-state index contributed by atoms with van der Waals surface area (Å²) in [6.45, 7) is 1.24. The van der Waals surface area contributed by atoms with E-state index < -0.39 is 0 Å². The molecule has 0 radical (unpaired) electrons. The Balaban J connectivity index is 1.40. The van der Waals surface area contributed by atoms with Crippen molar-refractivity contribution in [2.24, 2.45) is 13.0 Å². The van der Waals surface area contributed by atoms with Crippen LogP contribution in [0.4, 0.5) is 0 Å². The average Bonchev–Trinajstić information content (AvgIpc) is 3.36. The van der Waals surface area contributed by atoms with Crippen molar-refractivity contribution in [3.8, 4) is 11.5 Å². The second-order valence-electron chi connectivity index (χ2n) is 9.21. The number of hydrogen-bond acceptors (Lipinski definition) is 5. The third kappa shape index (κ3) is 6.05. The Morgan fingerprint density at radius 1 is 1.03 bits per heavy atom. The lowest BCUT2D eigenvalue weighted by molar-refractivity contribution is -0.135. The minimum atomic E-state index is -0.0831. The van der Waals surface area contributed by atoms with Gasteiger partial charge in [-0.25, -0.2) is 0 Å². The smallest absolute Gasteiger partial charge is 0.274 e. The van der Waals surface area contributed by atoms with E-state index in [-0.39, 0.29) is 30.4 Å². The number of piperidine rings is 1. The van der Waals surface area contributed by atoms with Crippen molar-refractivity contribution < 1.29 is 19.1 Å². The molecule has 0 spiro atoms. The highest BCUT2D eigenvalue weighted by atomic mass is 16.5. The van der Waals surface area contributed by atoms with Gasteiger partial charge in [0.05, 0.1) is 7.11 Å². The van der Waals surface area contributed by atoms with Gasteiger partial charge in [0.1, 0.15) is 5.69 Å². The molecule has 36 heavy (non-hydrogen) atoms. The number of para-hydroxylation sites is 2. The molecule has 1 aliphatic rings. The molecule has 0 unspecified atom stereocenters. The molecule has 4 rings (SSSR count). The summed E-state index contributed by atoms with van der Waals surface area (Å²) in [6, 6.07) is 19.3. The fourth-order valence-electron chi connectivity index (χ4n) is 4.84. The maximum atomic E-state index is 13.2. The summed E-state index contributed by atoms with van der Waals surface area (Å²) in [4.78, 5) is 29.8. The summed E-state index contributed by atoms with van der Waals surface area (Å²) >= 11 is 0. The van der Waals surface area contributed by atoms with Gasteiger partial charge < -0.3 is 19.3 Å². The van der Waals surface area contributed by atoms with E-state index in [9.17, 15) is 9.59 Å². The van der Waals surface area contributed by atoms with Crippen molar-refractivity contribution in [1.29, 1.82) is 0 Å². The Hall–Kier alpha value is -3.81. The molecule has 2 heterocycles. The van der Waals surface area contributed by atoms with Crippen molar-refractivity contribution in [2.75, 3.05) is 33.9 Å². The van der Waals surface area contributed by atoms with Crippen LogP contribution in [0.1, 0.15) is 28.9 Å². The van der Waals surface area contributed by atoms with E-state index in [4.69, 9.17) is 9.47 Å². The van der Waals surface area contributed by atoms with Gasteiger partial charge in [0, 0.05) is 39.4 Å². The molecule has 1 fully saturated rings.